The van der Waals surface area contributed by atoms with Gasteiger partial charge in [0, 0.05) is 4.47 Å². The fourth-order valence-electron chi connectivity index (χ4n) is 1.89. The summed E-state index contributed by atoms with van der Waals surface area (Å²) >= 11 is 10.7. The number of halogens is 2. The fraction of sp³-hybridized carbons (Fsp3) is 0.0667. The first-order valence-electron chi connectivity index (χ1n) is 6.85. The van der Waals surface area contributed by atoms with Crippen LogP contribution in [0.4, 0.5) is 5.69 Å². The molecule has 0 unspecified atom stereocenters. The summed E-state index contributed by atoms with van der Waals surface area (Å²) in [4.78, 5) is 12.1. The number of carbonyl (C=O) groups excluding carboxylic acids is 1. The molecule has 1 N–H and O–H groups in total. The second-order valence-electron chi connectivity index (χ2n) is 4.67. The number of carbonyl (C=O) groups is 1. The molecule has 1 heterocycles. The lowest BCUT2D eigenvalue weighted by Gasteiger charge is -2.07. The van der Waals surface area contributed by atoms with E-state index in [2.05, 4.69) is 36.8 Å². The highest BCUT2D eigenvalue weighted by Gasteiger charge is 2.12. The van der Waals surface area contributed by atoms with Gasteiger partial charge in [-0.3, -0.25) is 4.79 Å². The first-order chi connectivity index (χ1) is 11.6. The summed E-state index contributed by atoms with van der Waals surface area (Å²) in [6.07, 6.45) is 0. The summed E-state index contributed by atoms with van der Waals surface area (Å²) in [6.45, 7) is 0. The van der Waals surface area contributed by atoms with Crippen molar-refractivity contribution in [3.63, 3.8) is 0 Å². The number of hydrogen-bond acceptors (Lipinski definition) is 5. The van der Waals surface area contributed by atoms with Crippen molar-refractivity contribution in [1.82, 2.24) is 20.2 Å². The molecule has 1 aromatic heterocycles. The molecule has 3 rings (SSSR count). The van der Waals surface area contributed by atoms with Gasteiger partial charge < -0.3 is 5.32 Å². The van der Waals surface area contributed by atoms with Gasteiger partial charge in [-0.2, -0.15) is 4.68 Å². The van der Waals surface area contributed by atoms with E-state index in [9.17, 15) is 4.79 Å². The van der Waals surface area contributed by atoms with Crippen LogP contribution in [0.5, 0.6) is 0 Å². The Kier molecular flexibility index (Phi) is 5.49. The summed E-state index contributed by atoms with van der Waals surface area (Å²) in [5.41, 5.74) is 1.40. The summed E-state index contributed by atoms with van der Waals surface area (Å²) in [6, 6.07) is 14.6. The highest BCUT2D eigenvalue weighted by atomic mass is 79.9. The monoisotopic (exact) mass is 423 g/mol. The minimum atomic E-state index is -0.182. The Hall–Kier alpha value is -1.90. The molecule has 1 amide bonds. The Labute approximate surface area is 155 Å². The van der Waals surface area contributed by atoms with E-state index in [0.29, 0.717) is 15.9 Å². The van der Waals surface area contributed by atoms with Gasteiger partial charge in [-0.05, 0) is 46.8 Å². The average molecular weight is 425 g/mol. The summed E-state index contributed by atoms with van der Waals surface area (Å²) in [7, 11) is 0. The van der Waals surface area contributed by atoms with Crippen molar-refractivity contribution in [1.29, 1.82) is 0 Å². The van der Waals surface area contributed by atoms with Gasteiger partial charge in [0.25, 0.3) is 0 Å². The molecule has 122 valence electrons. The number of hydrogen-bond donors (Lipinski definition) is 1. The number of amides is 1. The normalized spacial score (nSPS) is 10.6. The smallest absolute Gasteiger partial charge is 0.234 e. The van der Waals surface area contributed by atoms with Crippen molar-refractivity contribution in [2.24, 2.45) is 0 Å². The second kappa shape index (κ2) is 7.78. The third kappa shape index (κ3) is 4.14. The standard InChI is InChI=1S/C15H11BrClN5OS/c16-10-5-7-11(8-6-10)22-15(19-20-21-22)24-9-14(23)18-13-4-2-1-3-12(13)17/h1-8H,9H2,(H,18,23). The van der Waals surface area contributed by atoms with Crippen LogP contribution >= 0.6 is 39.3 Å². The fourth-order valence-corrected chi connectivity index (χ4v) is 3.03. The van der Waals surface area contributed by atoms with Gasteiger partial charge in [-0.15, -0.1) is 5.10 Å². The molecular weight excluding hydrogens is 414 g/mol. The lowest BCUT2D eigenvalue weighted by Crippen LogP contribution is -2.14. The van der Waals surface area contributed by atoms with Crippen LogP contribution in [-0.2, 0) is 4.79 Å². The van der Waals surface area contributed by atoms with Gasteiger partial charge in [0.1, 0.15) is 0 Å². The second-order valence-corrected chi connectivity index (χ2v) is 6.93. The maximum Gasteiger partial charge on any atom is 0.234 e. The van der Waals surface area contributed by atoms with Crippen LogP contribution in [0.2, 0.25) is 5.02 Å². The quantitative estimate of drug-likeness (QED) is 0.631. The summed E-state index contributed by atoms with van der Waals surface area (Å²) < 4.78 is 2.55. The Bertz CT molecular complexity index is 855. The van der Waals surface area contributed by atoms with Gasteiger partial charge >= 0.3 is 0 Å². The third-order valence-corrected chi connectivity index (χ3v) is 4.77. The average Bonchev–Trinajstić information content (AvgIpc) is 3.04. The van der Waals surface area contributed by atoms with E-state index in [1.54, 1.807) is 22.9 Å². The first kappa shape index (κ1) is 16.9. The summed E-state index contributed by atoms with van der Waals surface area (Å²) in [5, 5.41) is 15.4. The van der Waals surface area contributed by atoms with Gasteiger partial charge in [-0.1, -0.05) is 51.4 Å². The van der Waals surface area contributed by atoms with Crippen molar-refractivity contribution in [2.45, 2.75) is 5.16 Å². The van der Waals surface area contributed by atoms with E-state index >= 15 is 0 Å². The largest absolute Gasteiger partial charge is 0.324 e. The van der Waals surface area contributed by atoms with Crippen LogP contribution in [0.3, 0.4) is 0 Å². The molecule has 0 saturated heterocycles. The maximum absolute atomic E-state index is 12.1. The van der Waals surface area contributed by atoms with Gasteiger partial charge in [-0.25, -0.2) is 0 Å². The SMILES string of the molecule is O=C(CSc1nnnn1-c1ccc(Br)cc1)Nc1ccccc1Cl. The zero-order valence-electron chi connectivity index (χ0n) is 12.2. The van der Waals surface area contributed by atoms with Crippen LogP contribution in [0, 0.1) is 0 Å². The number of thioether (sulfide) groups is 1. The van der Waals surface area contributed by atoms with E-state index < -0.39 is 0 Å². The predicted octanol–water partition coefficient (Wildman–Crippen LogP) is 3.81. The zero-order chi connectivity index (χ0) is 16.9. The number of tetrazole rings is 1. The lowest BCUT2D eigenvalue weighted by atomic mass is 10.3. The number of rotatable bonds is 5. The number of benzene rings is 2. The first-order valence-corrected chi connectivity index (χ1v) is 9.00. The molecular formula is C15H11BrClN5OS. The minimum absolute atomic E-state index is 0.169. The molecule has 24 heavy (non-hydrogen) atoms. The third-order valence-electron chi connectivity index (χ3n) is 2.99. The number of anilines is 1. The Morgan fingerprint density at radius 1 is 1.21 bits per heavy atom. The zero-order valence-corrected chi connectivity index (χ0v) is 15.3. The highest BCUT2D eigenvalue weighted by molar-refractivity contribution is 9.10. The molecule has 0 bridgehead atoms. The van der Waals surface area contributed by atoms with E-state index in [-0.39, 0.29) is 11.7 Å². The maximum atomic E-state index is 12.1. The number of nitrogens with one attached hydrogen (secondary N) is 1. The Balaban J connectivity index is 1.65. The Morgan fingerprint density at radius 3 is 2.71 bits per heavy atom. The van der Waals surface area contributed by atoms with E-state index in [0.717, 1.165) is 10.2 Å². The molecule has 2 aromatic carbocycles. The van der Waals surface area contributed by atoms with E-state index in [1.165, 1.54) is 11.8 Å². The minimum Gasteiger partial charge on any atom is -0.324 e. The molecule has 0 atom stereocenters. The molecule has 0 fully saturated rings. The molecule has 0 radical (unpaired) electrons. The molecule has 6 nitrogen and oxygen atoms in total. The van der Waals surface area contributed by atoms with Crippen LogP contribution in [0.25, 0.3) is 5.69 Å². The van der Waals surface area contributed by atoms with Crippen LogP contribution in [-0.4, -0.2) is 31.9 Å². The van der Waals surface area contributed by atoms with E-state index in [4.69, 9.17) is 11.6 Å². The van der Waals surface area contributed by atoms with Crippen molar-refractivity contribution >= 4 is 50.9 Å². The van der Waals surface area contributed by atoms with Crippen molar-refractivity contribution in [2.75, 3.05) is 11.1 Å². The van der Waals surface area contributed by atoms with Crippen LogP contribution in [0.15, 0.2) is 58.2 Å². The molecule has 0 aliphatic heterocycles. The number of nitrogens with zero attached hydrogens (tertiary/aromatic N) is 4. The van der Waals surface area contributed by atoms with Crippen molar-refractivity contribution in [3.05, 3.63) is 58.0 Å². The van der Waals surface area contributed by atoms with Gasteiger partial charge in [0.15, 0.2) is 0 Å². The van der Waals surface area contributed by atoms with Gasteiger partial charge in [0.05, 0.1) is 22.2 Å². The molecule has 0 aliphatic carbocycles. The topological polar surface area (TPSA) is 72.7 Å². The number of aromatic nitrogens is 4. The predicted molar refractivity (Wildman–Crippen MR) is 97.7 cm³/mol. The van der Waals surface area contributed by atoms with Crippen molar-refractivity contribution in [3.8, 4) is 5.69 Å². The molecule has 0 aliphatic rings. The molecule has 0 saturated carbocycles. The van der Waals surface area contributed by atoms with E-state index in [1.807, 2.05) is 30.3 Å². The van der Waals surface area contributed by atoms with Crippen LogP contribution in [0.1, 0.15) is 0 Å². The molecule has 3 aromatic rings. The summed E-state index contributed by atoms with van der Waals surface area (Å²) in [5.74, 6) is -0.0132. The Morgan fingerprint density at radius 2 is 1.96 bits per heavy atom. The van der Waals surface area contributed by atoms with Crippen LogP contribution < -0.4 is 5.32 Å². The lowest BCUT2D eigenvalue weighted by molar-refractivity contribution is -0.113. The number of para-hydroxylation sites is 1. The van der Waals surface area contributed by atoms with Gasteiger partial charge in [0.2, 0.25) is 11.1 Å². The van der Waals surface area contributed by atoms with Crippen molar-refractivity contribution < 1.29 is 4.79 Å². The molecule has 9 heteroatoms. The molecule has 0 spiro atoms. The highest BCUT2D eigenvalue weighted by Crippen LogP contribution is 2.22.